The van der Waals surface area contributed by atoms with Crippen molar-refractivity contribution in [3.8, 4) is 0 Å². The molecule has 2 N–H and O–H groups in total. The van der Waals surface area contributed by atoms with Gasteiger partial charge in [0.1, 0.15) is 11.6 Å². The van der Waals surface area contributed by atoms with Crippen molar-refractivity contribution in [3.05, 3.63) is 130 Å². The number of ether oxygens (including phenoxy) is 4. The lowest BCUT2D eigenvalue weighted by atomic mass is 10.1. The van der Waals surface area contributed by atoms with E-state index in [1.165, 1.54) is 31.3 Å². The van der Waals surface area contributed by atoms with Crippen LogP contribution in [-0.2, 0) is 32.0 Å². The Bertz CT molecular complexity index is 1800. The number of carbonyl (C=O) groups is 3. The first-order valence-corrected chi connectivity index (χ1v) is 17.6. The maximum atomic E-state index is 14.6. The highest BCUT2D eigenvalue weighted by atomic mass is 19.1. The Morgan fingerprint density at radius 3 is 1.71 bits per heavy atom. The van der Waals surface area contributed by atoms with Crippen LogP contribution >= 0.6 is 0 Å². The molecule has 0 unspecified atom stereocenters. The Morgan fingerprint density at radius 2 is 1.24 bits per heavy atom. The van der Waals surface area contributed by atoms with Crippen molar-refractivity contribution >= 4 is 29.3 Å². The van der Waals surface area contributed by atoms with Gasteiger partial charge in [-0.15, -0.1) is 0 Å². The number of morpholine rings is 2. The first kappa shape index (κ1) is 44.0. The summed E-state index contributed by atoms with van der Waals surface area (Å²) < 4.78 is 47.9. The van der Waals surface area contributed by atoms with E-state index in [1.54, 1.807) is 66.4 Å². The largest absolute Gasteiger partial charge is 0.465 e. The normalized spacial score (nSPS) is 13.4. The van der Waals surface area contributed by atoms with Gasteiger partial charge in [-0.2, -0.15) is 0 Å². The van der Waals surface area contributed by atoms with Crippen molar-refractivity contribution in [2.45, 2.75) is 34.4 Å². The molecule has 2 aliphatic heterocycles. The molecule has 0 aliphatic carbocycles. The van der Waals surface area contributed by atoms with Crippen LogP contribution in [0.4, 0.5) is 25.0 Å². The third-order valence-corrected chi connectivity index (χ3v) is 8.45. The van der Waals surface area contributed by atoms with Crippen LogP contribution in [0.15, 0.2) is 84.9 Å². The maximum Gasteiger partial charge on any atom is 0.337 e. The fraction of sp³-hybridized carbons (Fsp3) is 0.357. The van der Waals surface area contributed by atoms with Crippen molar-refractivity contribution in [1.29, 1.82) is 0 Å². The molecular weight excluding hydrogens is 710 g/mol. The molecule has 296 valence electrons. The number of hydrogen-bond acceptors (Lipinski definition) is 9. The van der Waals surface area contributed by atoms with E-state index >= 15 is 0 Å². The summed E-state index contributed by atoms with van der Waals surface area (Å²) in [6, 6.07) is 23.3. The molecule has 0 aromatic heterocycles. The Kier molecular flexibility index (Phi) is 18.2. The van der Waals surface area contributed by atoms with Crippen molar-refractivity contribution in [2.24, 2.45) is 0 Å². The Balaban J connectivity index is 0.000000261. The average Bonchev–Trinajstić information content (AvgIpc) is 3.21. The third-order valence-electron chi connectivity index (χ3n) is 8.45. The number of amides is 2. The summed E-state index contributed by atoms with van der Waals surface area (Å²) in [5.41, 5.74) is 4.99. The second kappa shape index (κ2) is 22.8. The molecule has 0 saturated carbocycles. The minimum atomic E-state index is -0.451. The van der Waals surface area contributed by atoms with E-state index in [0.29, 0.717) is 49.7 Å². The van der Waals surface area contributed by atoms with Gasteiger partial charge in [-0.3, -0.25) is 4.90 Å². The Labute approximate surface area is 322 Å². The minimum Gasteiger partial charge on any atom is -0.465 e. The summed E-state index contributed by atoms with van der Waals surface area (Å²) in [6.45, 7) is 9.99. The summed E-state index contributed by atoms with van der Waals surface area (Å²) in [6.07, 6.45) is 0. The number of benzene rings is 4. The van der Waals surface area contributed by atoms with E-state index in [1.807, 2.05) is 25.1 Å². The molecule has 4 aromatic rings. The lowest BCUT2D eigenvalue weighted by Crippen LogP contribution is -2.48. The fourth-order valence-electron chi connectivity index (χ4n) is 5.41. The SMILES string of the molecule is C.C1COCCN1.COC(=O)c1ccc(CN(C(=O)N2CCOCC2)c2ccc(C)cc2F)cc1.COC(=O)c1ccc(CNc2ccc(C)cc2F)cc1. The van der Waals surface area contributed by atoms with Crippen LogP contribution < -0.4 is 15.5 Å². The number of nitrogens with one attached hydrogen (secondary N) is 2. The first-order chi connectivity index (χ1) is 26.1. The van der Waals surface area contributed by atoms with E-state index in [2.05, 4.69) is 15.4 Å². The smallest absolute Gasteiger partial charge is 0.337 e. The number of urea groups is 1. The van der Waals surface area contributed by atoms with Gasteiger partial charge in [-0.1, -0.05) is 43.8 Å². The standard InChI is InChI=1S/C21H23FN2O4.C16H16FNO2.C4H9NO.CH4/c1-15-3-8-19(18(22)13-15)24(21(26)23-9-11-28-12-10-23)14-16-4-6-17(7-5-16)20(25)27-2;1-11-3-8-15(14(17)9-11)18-10-12-4-6-13(7-5-12)16(19)20-2;1-3-6-4-2-5-1;/h3-8,13H,9-12,14H2,1-2H3;3-9,18H,10H2,1-2H3;5H,1-4H2;1H4. The Morgan fingerprint density at radius 1 is 0.727 bits per heavy atom. The highest BCUT2D eigenvalue weighted by molar-refractivity contribution is 5.92. The lowest BCUT2D eigenvalue weighted by molar-refractivity contribution is 0.0547. The van der Waals surface area contributed by atoms with Crippen LogP contribution in [-0.4, -0.2) is 89.7 Å². The molecule has 2 heterocycles. The van der Waals surface area contributed by atoms with Gasteiger partial charge in [-0.25, -0.2) is 23.2 Å². The molecule has 2 saturated heterocycles. The lowest BCUT2D eigenvalue weighted by Gasteiger charge is -2.33. The molecule has 2 fully saturated rings. The number of aryl methyl sites for hydroxylation is 2. The second-order valence-electron chi connectivity index (χ2n) is 12.5. The summed E-state index contributed by atoms with van der Waals surface area (Å²) in [5.74, 6) is -1.52. The van der Waals surface area contributed by atoms with Gasteiger partial charge < -0.3 is 34.5 Å². The zero-order valence-electron chi connectivity index (χ0n) is 31.2. The molecule has 2 aliphatic rings. The summed E-state index contributed by atoms with van der Waals surface area (Å²) >= 11 is 0. The number of hydrogen-bond donors (Lipinski definition) is 2. The number of nitrogens with zero attached hydrogens (tertiary/aromatic N) is 2. The highest BCUT2D eigenvalue weighted by Gasteiger charge is 2.26. The zero-order chi connectivity index (χ0) is 38.9. The van der Waals surface area contributed by atoms with E-state index in [0.717, 1.165) is 48.6 Å². The molecule has 2 amide bonds. The topological polar surface area (TPSA) is 119 Å². The number of rotatable bonds is 8. The van der Waals surface area contributed by atoms with Gasteiger partial charge in [-0.05, 0) is 84.6 Å². The van der Waals surface area contributed by atoms with Crippen molar-refractivity contribution < 1.29 is 42.1 Å². The van der Waals surface area contributed by atoms with Crippen LogP contribution in [0.1, 0.15) is 50.4 Å². The van der Waals surface area contributed by atoms with E-state index in [-0.39, 0.29) is 37.5 Å². The maximum absolute atomic E-state index is 14.6. The molecule has 0 radical (unpaired) electrons. The number of carbonyl (C=O) groups excluding carboxylic acids is 3. The number of halogens is 2. The molecule has 6 rings (SSSR count). The van der Waals surface area contributed by atoms with Crippen molar-refractivity contribution in [2.75, 3.05) is 77.0 Å². The minimum absolute atomic E-state index is 0. The van der Waals surface area contributed by atoms with Gasteiger partial charge in [0.25, 0.3) is 0 Å². The summed E-state index contributed by atoms with van der Waals surface area (Å²) in [7, 11) is 2.66. The molecule has 0 spiro atoms. The molecule has 0 atom stereocenters. The molecule has 55 heavy (non-hydrogen) atoms. The van der Waals surface area contributed by atoms with Crippen LogP contribution in [0.3, 0.4) is 0 Å². The van der Waals surface area contributed by atoms with Crippen LogP contribution in [0, 0.1) is 25.5 Å². The first-order valence-electron chi connectivity index (χ1n) is 17.6. The molecule has 11 nitrogen and oxygen atoms in total. The molecule has 0 bridgehead atoms. The van der Waals surface area contributed by atoms with Gasteiger partial charge in [0.15, 0.2) is 0 Å². The Hall–Kier alpha value is -5.37. The van der Waals surface area contributed by atoms with E-state index in [9.17, 15) is 23.2 Å². The fourth-order valence-corrected chi connectivity index (χ4v) is 5.41. The quantitative estimate of drug-likeness (QED) is 0.181. The molecular formula is C42H52F2N4O7. The molecule has 4 aromatic carbocycles. The van der Waals surface area contributed by atoms with Gasteiger partial charge in [0.2, 0.25) is 0 Å². The van der Waals surface area contributed by atoms with E-state index < -0.39 is 11.8 Å². The van der Waals surface area contributed by atoms with E-state index in [4.69, 9.17) is 14.2 Å². The average molecular weight is 763 g/mol. The zero-order valence-corrected chi connectivity index (χ0v) is 31.2. The summed E-state index contributed by atoms with van der Waals surface area (Å²) in [4.78, 5) is 39.1. The van der Waals surface area contributed by atoms with Crippen LogP contribution in [0.25, 0.3) is 0 Å². The van der Waals surface area contributed by atoms with Gasteiger partial charge >= 0.3 is 18.0 Å². The monoisotopic (exact) mass is 762 g/mol. The van der Waals surface area contributed by atoms with Crippen molar-refractivity contribution in [3.63, 3.8) is 0 Å². The number of anilines is 2. The predicted molar refractivity (Wildman–Crippen MR) is 210 cm³/mol. The highest BCUT2D eigenvalue weighted by Crippen LogP contribution is 2.25. The van der Waals surface area contributed by atoms with Crippen molar-refractivity contribution in [1.82, 2.24) is 10.2 Å². The number of methoxy groups -OCH3 is 2. The number of esters is 2. The van der Waals surface area contributed by atoms with Crippen LogP contribution in [0.2, 0.25) is 0 Å². The molecule has 13 heteroatoms. The van der Waals surface area contributed by atoms with Crippen LogP contribution in [0.5, 0.6) is 0 Å². The van der Waals surface area contributed by atoms with Gasteiger partial charge in [0.05, 0.1) is 69.7 Å². The summed E-state index contributed by atoms with van der Waals surface area (Å²) in [5, 5.41) is 6.19. The second-order valence-corrected chi connectivity index (χ2v) is 12.5. The third kappa shape index (κ3) is 13.8. The predicted octanol–water partition coefficient (Wildman–Crippen LogP) is 7.15. The van der Waals surface area contributed by atoms with Gasteiger partial charge in [0, 0.05) is 32.7 Å².